The number of hydrogen-bond acceptors (Lipinski definition) is 7. The first-order valence-corrected chi connectivity index (χ1v) is 10.6. The summed E-state index contributed by atoms with van der Waals surface area (Å²) in [5.74, 6) is -5.14. The number of phenolic OH excluding ortho intramolecular Hbond substituents is 1. The van der Waals surface area contributed by atoms with E-state index >= 15 is 0 Å². The number of amides is 1. The van der Waals surface area contributed by atoms with Crippen molar-refractivity contribution in [3.05, 3.63) is 89.5 Å². The fourth-order valence-electron chi connectivity index (χ4n) is 3.80. The fourth-order valence-corrected chi connectivity index (χ4v) is 3.80. The van der Waals surface area contributed by atoms with E-state index in [-0.39, 0.29) is 16.9 Å². The normalized spacial score (nSPS) is 15.1. The van der Waals surface area contributed by atoms with Gasteiger partial charge in [-0.25, -0.2) is 4.79 Å². The highest BCUT2D eigenvalue weighted by molar-refractivity contribution is 6.45. The van der Waals surface area contributed by atoms with E-state index in [0.717, 1.165) is 0 Å². The van der Waals surface area contributed by atoms with Crippen LogP contribution in [0.4, 0.5) is 5.69 Å². The molecule has 0 unspecified atom stereocenters. The van der Waals surface area contributed by atoms with Crippen molar-refractivity contribution >= 4 is 29.1 Å². The summed E-state index contributed by atoms with van der Waals surface area (Å²) in [4.78, 5) is 52.0. The van der Waals surface area contributed by atoms with Crippen molar-refractivity contribution in [2.45, 2.75) is 13.0 Å². The number of fused-ring (bicyclic) bond motifs is 1. The van der Waals surface area contributed by atoms with Crippen molar-refractivity contribution in [3.63, 3.8) is 0 Å². The lowest BCUT2D eigenvalue weighted by Crippen LogP contribution is -2.38. The van der Waals surface area contributed by atoms with E-state index < -0.39 is 35.5 Å². The Balaban J connectivity index is 1.67. The molecule has 1 aliphatic rings. The van der Waals surface area contributed by atoms with E-state index in [9.17, 15) is 24.3 Å². The second-order valence-corrected chi connectivity index (χ2v) is 7.55. The number of ether oxygens (including phenoxy) is 2. The molecule has 1 aliphatic heterocycles. The van der Waals surface area contributed by atoms with Crippen LogP contribution in [0.1, 0.15) is 39.3 Å². The van der Waals surface area contributed by atoms with Crippen LogP contribution < -0.4 is 10.1 Å². The minimum absolute atomic E-state index is 0.157. The number of anilines is 1. The highest BCUT2D eigenvalue weighted by Crippen LogP contribution is 2.39. The maximum Gasteiger partial charge on any atom is 0.339 e. The smallest absolute Gasteiger partial charge is 0.339 e. The average molecular weight is 459 g/mol. The molecule has 1 heterocycles. The number of phenols is 1. The third-order valence-corrected chi connectivity index (χ3v) is 5.41. The molecule has 0 fully saturated rings. The van der Waals surface area contributed by atoms with Gasteiger partial charge >= 0.3 is 5.97 Å². The number of Topliss-reactive ketones (excluding diaryl/α,β-unsaturated/α-hetero) is 2. The van der Waals surface area contributed by atoms with Gasteiger partial charge < -0.3 is 19.9 Å². The highest BCUT2D eigenvalue weighted by Gasteiger charge is 2.46. The Labute approximate surface area is 195 Å². The number of rotatable bonds is 8. The lowest BCUT2D eigenvalue weighted by Gasteiger charge is -2.21. The van der Waals surface area contributed by atoms with Gasteiger partial charge in [0.1, 0.15) is 23.5 Å². The molecule has 2 atom stereocenters. The molecule has 4 rings (SSSR count). The van der Waals surface area contributed by atoms with Crippen LogP contribution in [0.25, 0.3) is 0 Å². The number of carbonyl (C=O) groups excluding carboxylic acids is 4. The van der Waals surface area contributed by atoms with Gasteiger partial charge in [-0.3, -0.25) is 14.4 Å². The van der Waals surface area contributed by atoms with Crippen LogP contribution in [0.5, 0.6) is 11.5 Å². The third kappa shape index (κ3) is 4.38. The number of aromatic hydroxyl groups is 1. The Morgan fingerprint density at radius 1 is 1.00 bits per heavy atom. The summed E-state index contributed by atoms with van der Waals surface area (Å²) < 4.78 is 10.7. The van der Waals surface area contributed by atoms with E-state index in [2.05, 4.69) is 5.32 Å². The Morgan fingerprint density at radius 3 is 2.38 bits per heavy atom. The molecule has 0 spiro atoms. The largest absolute Gasteiger partial charge is 0.507 e. The summed E-state index contributed by atoms with van der Waals surface area (Å²) in [6.07, 6.45) is -1.31. The molecule has 34 heavy (non-hydrogen) atoms. The van der Waals surface area contributed by atoms with Gasteiger partial charge in [-0.2, -0.15) is 0 Å². The van der Waals surface area contributed by atoms with E-state index in [1.54, 1.807) is 42.5 Å². The standard InChI is InChI=1S/C26H21NO7/c1-2-33-16-13-11-15(12-14-16)27-25(31)23(30)21(22(29)19-9-5-6-10-20(19)28)24-17-7-3-4-8-18(17)26(32)34-24/h3-14,21,24,28H,2H2,1H3,(H,27,31)/t21-,24-/m0/s1. The number of para-hydroxylation sites is 1. The lowest BCUT2D eigenvalue weighted by molar-refractivity contribution is -0.138. The van der Waals surface area contributed by atoms with Gasteiger partial charge in [-0.1, -0.05) is 30.3 Å². The number of carbonyl (C=O) groups is 4. The average Bonchev–Trinajstić information content (AvgIpc) is 3.17. The van der Waals surface area contributed by atoms with E-state index in [4.69, 9.17) is 9.47 Å². The van der Waals surface area contributed by atoms with Crippen LogP contribution in [-0.2, 0) is 14.3 Å². The first kappa shape index (κ1) is 22.7. The second-order valence-electron chi connectivity index (χ2n) is 7.55. The molecular weight excluding hydrogens is 438 g/mol. The molecule has 3 aromatic carbocycles. The maximum atomic E-state index is 13.4. The molecule has 3 aromatic rings. The summed E-state index contributed by atoms with van der Waals surface area (Å²) in [6.45, 7) is 2.31. The van der Waals surface area contributed by atoms with E-state index in [1.165, 1.54) is 30.3 Å². The van der Waals surface area contributed by atoms with Crippen LogP contribution in [-0.4, -0.2) is 35.2 Å². The molecule has 2 N–H and O–H groups in total. The van der Waals surface area contributed by atoms with Gasteiger partial charge in [0.25, 0.3) is 5.91 Å². The number of cyclic esters (lactones) is 1. The number of benzene rings is 3. The van der Waals surface area contributed by atoms with Crippen molar-refractivity contribution in [3.8, 4) is 11.5 Å². The summed E-state index contributed by atoms with van der Waals surface area (Å²) in [6, 6.07) is 18.4. The fraction of sp³-hybridized carbons (Fsp3) is 0.154. The van der Waals surface area contributed by atoms with Gasteiger partial charge in [0, 0.05) is 11.3 Å². The van der Waals surface area contributed by atoms with E-state index in [0.29, 0.717) is 23.6 Å². The monoisotopic (exact) mass is 459 g/mol. The molecule has 0 aliphatic carbocycles. The minimum Gasteiger partial charge on any atom is -0.507 e. The molecule has 0 saturated carbocycles. The summed E-state index contributed by atoms with van der Waals surface area (Å²) in [7, 11) is 0. The van der Waals surface area contributed by atoms with E-state index in [1.807, 2.05) is 6.92 Å². The van der Waals surface area contributed by atoms with Crippen LogP contribution in [0.15, 0.2) is 72.8 Å². The van der Waals surface area contributed by atoms with Gasteiger partial charge in [0.05, 0.1) is 17.7 Å². The highest BCUT2D eigenvalue weighted by atomic mass is 16.5. The minimum atomic E-state index is -1.69. The first-order valence-electron chi connectivity index (χ1n) is 10.6. The molecule has 0 radical (unpaired) electrons. The van der Waals surface area contributed by atoms with Crippen LogP contribution in [0.2, 0.25) is 0 Å². The van der Waals surface area contributed by atoms with Gasteiger partial charge in [0.15, 0.2) is 5.78 Å². The molecule has 172 valence electrons. The zero-order valence-electron chi connectivity index (χ0n) is 18.2. The number of hydrogen-bond donors (Lipinski definition) is 2. The molecule has 8 nitrogen and oxygen atoms in total. The zero-order chi connectivity index (χ0) is 24.2. The maximum absolute atomic E-state index is 13.4. The Kier molecular flexibility index (Phi) is 6.40. The summed E-state index contributed by atoms with van der Waals surface area (Å²) in [5.41, 5.74) is 0.695. The number of ketones is 2. The van der Waals surface area contributed by atoms with Crippen LogP contribution in [0, 0.1) is 5.92 Å². The Bertz CT molecular complexity index is 1270. The van der Waals surface area contributed by atoms with Crippen molar-refractivity contribution in [2.75, 3.05) is 11.9 Å². The van der Waals surface area contributed by atoms with Gasteiger partial charge in [-0.15, -0.1) is 0 Å². The van der Waals surface area contributed by atoms with Crippen LogP contribution in [0.3, 0.4) is 0 Å². The molecular formula is C26H21NO7. The van der Waals surface area contributed by atoms with Crippen molar-refractivity contribution in [1.82, 2.24) is 0 Å². The van der Waals surface area contributed by atoms with Crippen LogP contribution >= 0.6 is 0 Å². The molecule has 0 bridgehead atoms. The molecule has 0 saturated heterocycles. The van der Waals surface area contributed by atoms with Crippen molar-refractivity contribution in [1.29, 1.82) is 0 Å². The predicted octanol–water partition coefficient (Wildman–Crippen LogP) is 3.71. The van der Waals surface area contributed by atoms with Crippen molar-refractivity contribution < 1.29 is 33.8 Å². The second kappa shape index (κ2) is 9.58. The third-order valence-electron chi connectivity index (χ3n) is 5.41. The first-order chi connectivity index (χ1) is 16.4. The SMILES string of the molecule is CCOc1ccc(NC(=O)C(=O)[C@H](C(=O)c2ccccc2O)[C@H]2OC(=O)c3ccccc32)cc1. The predicted molar refractivity (Wildman–Crippen MR) is 122 cm³/mol. The van der Waals surface area contributed by atoms with Gasteiger partial charge in [0.2, 0.25) is 5.78 Å². The lowest BCUT2D eigenvalue weighted by atomic mass is 9.84. The summed E-state index contributed by atoms with van der Waals surface area (Å²) in [5, 5.41) is 12.7. The topological polar surface area (TPSA) is 119 Å². The molecule has 8 heteroatoms. The zero-order valence-corrected chi connectivity index (χ0v) is 18.2. The van der Waals surface area contributed by atoms with Crippen molar-refractivity contribution in [2.24, 2.45) is 5.92 Å². The molecule has 1 amide bonds. The quantitative estimate of drug-likeness (QED) is 0.228. The summed E-state index contributed by atoms with van der Waals surface area (Å²) >= 11 is 0. The molecule has 0 aromatic heterocycles. The number of nitrogens with one attached hydrogen (secondary N) is 1. The number of esters is 1. The Morgan fingerprint density at radius 2 is 1.68 bits per heavy atom. The van der Waals surface area contributed by atoms with Gasteiger partial charge in [-0.05, 0) is 49.4 Å². The Hall–Kier alpha value is -4.46.